The lowest BCUT2D eigenvalue weighted by Gasteiger charge is -2.31. The molecule has 182 valence electrons. The maximum absolute atomic E-state index is 13.5. The predicted octanol–water partition coefficient (Wildman–Crippen LogP) is 4.18. The number of nitrogens with one attached hydrogen (secondary N) is 2. The van der Waals surface area contributed by atoms with Gasteiger partial charge in [0, 0.05) is 12.6 Å². The molecule has 3 amide bonds. The van der Waals surface area contributed by atoms with Crippen LogP contribution in [0.4, 0.5) is 4.79 Å². The Morgan fingerprint density at radius 1 is 1.12 bits per heavy atom. The molecule has 0 heterocycles. The van der Waals surface area contributed by atoms with Gasteiger partial charge in [0.05, 0.1) is 0 Å². The van der Waals surface area contributed by atoms with Crippen molar-refractivity contribution in [2.24, 2.45) is 5.92 Å². The predicted molar refractivity (Wildman–Crippen MR) is 130 cm³/mol. The lowest BCUT2D eigenvalue weighted by atomic mass is 9.98. The fourth-order valence-electron chi connectivity index (χ4n) is 3.20. The van der Waals surface area contributed by atoms with Gasteiger partial charge in [-0.15, -0.1) is 0 Å². The number of aryl methyl sites for hydroxylation is 1. The molecule has 0 aliphatic rings. The third-order valence-electron chi connectivity index (χ3n) is 5.02. The number of unbranched alkanes of at least 4 members (excludes halogenated alkanes) is 1. The number of carbonyl (C=O) groups excluding carboxylic acids is 3. The van der Waals surface area contributed by atoms with Crippen LogP contribution in [-0.2, 0) is 20.7 Å². The molecule has 0 aliphatic carbocycles. The van der Waals surface area contributed by atoms with Gasteiger partial charge in [0.25, 0.3) is 5.91 Å². The van der Waals surface area contributed by atoms with E-state index in [1.807, 2.05) is 38.1 Å². The van der Waals surface area contributed by atoms with Gasteiger partial charge in [-0.1, -0.05) is 64.8 Å². The van der Waals surface area contributed by atoms with Crippen LogP contribution in [0.2, 0.25) is 0 Å². The van der Waals surface area contributed by atoms with E-state index in [0.29, 0.717) is 12.1 Å². The van der Waals surface area contributed by atoms with Gasteiger partial charge in [0.2, 0.25) is 5.91 Å². The van der Waals surface area contributed by atoms with E-state index in [4.69, 9.17) is 11.2 Å². The molecule has 2 unspecified atom stereocenters. The Morgan fingerprint density at radius 2 is 1.73 bits per heavy atom. The molecule has 1 aromatic carbocycles. The number of benzene rings is 1. The first kappa shape index (κ1) is 28.0. The van der Waals surface area contributed by atoms with Crippen molar-refractivity contribution < 1.29 is 19.1 Å². The van der Waals surface area contributed by atoms with Gasteiger partial charge in [-0.25, -0.2) is 4.79 Å². The molecular weight excluding hydrogens is 418 g/mol. The molecule has 7 heteroatoms. The Kier molecular flexibility index (Phi) is 10.9. The van der Waals surface area contributed by atoms with Crippen LogP contribution < -0.4 is 10.6 Å². The highest BCUT2D eigenvalue weighted by Gasteiger charge is 2.37. The average molecular weight is 458 g/mol. The van der Waals surface area contributed by atoms with Gasteiger partial charge in [-0.2, -0.15) is 0 Å². The van der Waals surface area contributed by atoms with Gasteiger partial charge < -0.3 is 15.4 Å². The molecule has 7 nitrogen and oxygen atoms in total. The van der Waals surface area contributed by atoms with Crippen molar-refractivity contribution in [3.63, 3.8) is 0 Å². The largest absolute Gasteiger partial charge is 0.444 e. The SMILES string of the molecule is C#CN(C(=O)C(NC(=O)OC(C)(C)C)C(C)C)C(C(=O)NCCCC)c1ccc(CC)cc1. The number of carbonyl (C=O) groups is 3. The van der Waals surface area contributed by atoms with E-state index in [1.165, 1.54) is 0 Å². The van der Waals surface area contributed by atoms with Crippen LogP contribution in [0.1, 0.15) is 78.5 Å². The van der Waals surface area contributed by atoms with E-state index in [2.05, 4.69) is 16.7 Å². The highest BCUT2D eigenvalue weighted by atomic mass is 16.6. The second-order valence-corrected chi connectivity index (χ2v) is 9.35. The van der Waals surface area contributed by atoms with Gasteiger partial charge in [0.15, 0.2) is 0 Å². The van der Waals surface area contributed by atoms with Crippen LogP contribution in [0.5, 0.6) is 0 Å². The van der Waals surface area contributed by atoms with Crippen LogP contribution in [0, 0.1) is 18.4 Å². The number of alkyl carbamates (subject to hydrolysis) is 1. The van der Waals surface area contributed by atoms with Crippen molar-refractivity contribution in [1.82, 2.24) is 15.5 Å². The highest BCUT2D eigenvalue weighted by Crippen LogP contribution is 2.24. The van der Waals surface area contributed by atoms with Crippen LogP contribution >= 0.6 is 0 Å². The van der Waals surface area contributed by atoms with E-state index in [-0.39, 0.29) is 11.8 Å². The summed E-state index contributed by atoms with van der Waals surface area (Å²) in [6, 6.07) is 7.86. The lowest BCUT2D eigenvalue weighted by Crippen LogP contribution is -2.53. The summed E-state index contributed by atoms with van der Waals surface area (Å²) >= 11 is 0. The van der Waals surface area contributed by atoms with E-state index < -0.39 is 29.7 Å². The second-order valence-electron chi connectivity index (χ2n) is 9.35. The number of rotatable bonds is 10. The van der Waals surface area contributed by atoms with E-state index in [0.717, 1.165) is 29.7 Å². The Bertz CT molecular complexity index is 835. The summed E-state index contributed by atoms with van der Waals surface area (Å²) in [5, 5.41) is 5.50. The fourth-order valence-corrected chi connectivity index (χ4v) is 3.20. The molecular formula is C26H39N3O4. The number of amides is 3. The molecule has 0 fully saturated rings. The zero-order chi connectivity index (χ0) is 25.2. The molecule has 2 N–H and O–H groups in total. The first-order valence-electron chi connectivity index (χ1n) is 11.6. The molecule has 0 aliphatic heterocycles. The fraction of sp³-hybridized carbons (Fsp3) is 0.577. The summed E-state index contributed by atoms with van der Waals surface area (Å²) in [4.78, 5) is 40.1. The Morgan fingerprint density at radius 3 is 2.18 bits per heavy atom. The summed E-state index contributed by atoms with van der Waals surface area (Å²) in [7, 11) is 0. The third kappa shape index (κ3) is 8.80. The average Bonchev–Trinajstić information content (AvgIpc) is 2.74. The Labute approximate surface area is 198 Å². The summed E-state index contributed by atoms with van der Waals surface area (Å²) in [5.41, 5.74) is 0.991. The maximum atomic E-state index is 13.5. The molecule has 0 bridgehead atoms. The lowest BCUT2D eigenvalue weighted by molar-refractivity contribution is -0.139. The molecule has 0 radical (unpaired) electrons. The quantitative estimate of drug-likeness (QED) is 0.314. The number of hydrogen-bond donors (Lipinski definition) is 2. The van der Waals surface area contributed by atoms with Crippen molar-refractivity contribution in [3.8, 4) is 12.5 Å². The second kappa shape index (κ2) is 12.9. The summed E-state index contributed by atoms with van der Waals surface area (Å²) in [6.45, 7) is 13.4. The molecule has 1 rings (SSSR count). The Hall–Kier alpha value is -3.01. The molecule has 33 heavy (non-hydrogen) atoms. The zero-order valence-electron chi connectivity index (χ0n) is 21.0. The topological polar surface area (TPSA) is 87.7 Å². The number of hydrogen-bond acceptors (Lipinski definition) is 4. The summed E-state index contributed by atoms with van der Waals surface area (Å²) in [5.74, 6) is -1.19. The van der Waals surface area contributed by atoms with Gasteiger partial charge in [0.1, 0.15) is 17.7 Å². The van der Waals surface area contributed by atoms with Gasteiger partial charge in [-0.05, 0) is 50.7 Å². The van der Waals surface area contributed by atoms with Gasteiger partial charge >= 0.3 is 6.09 Å². The van der Waals surface area contributed by atoms with Crippen molar-refractivity contribution in [1.29, 1.82) is 0 Å². The van der Waals surface area contributed by atoms with E-state index in [9.17, 15) is 14.4 Å². The maximum Gasteiger partial charge on any atom is 0.408 e. The van der Waals surface area contributed by atoms with Crippen LogP contribution in [-0.4, -0.2) is 41.0 Å². The standard InChI is InChI=1S/C26H39N3O4/c1-9-12-17-27-23(30)22(20-15-13-19(10-2)14-16-20)29(11-3)24(31)21(18(4)5)28-25(32)33-26(6,7)8/h3,13-16,18,21-22H,9-10,12,17H2,1-2,4-8H3,(H,27,30)(H,28,32). The summed E-state index contributed by atoms with van der Waals surface area (Å²) in [6.07, 6.45) is 7.62. The monoisotopic (exact) mass is 457 g/mol. The van der Waals surface area contributed by atoms with Crippen molar-refractivity contribution in [2.45, 2.75) is 85.4 Å². The van der Waals surface area contributed by atoms with Crippen molar-refractivity contribution in [3.05, 3.63) is 35.4 Å². The van der Waals surface area contributed by atoms with Crippen molar-refractivity contribution in [2.75, 3.05) is 6.54 Å². The molecule has 0 spiro atoms. The molecule has 0 aromatic heterocycles. The molecule has 2 atom stereocenters. The molecule has 0 saturated heterocycles. The molecule has 0 saturated carbocycles. The minimum Gasteiger partial charge on any atom is -0.444 e. The van der Waals surface area contributed by atoms with E-state index in [1.54, 1.807) is 34.6 Å². The zero-order valence-corrected chi connectivity index (χ0v) is 21.0. The minimum atomic E-state index is -1.02. The normalized spacial score (nSPS) is 12.9. The van der Waals surface area contributed by atoms with Gasteiger partial charge in [-0.3, -0.25) is 14.5 Å². The third-order valence-corrected chi connectivity index (χ3v) is 5.02. The van der Waals surface area contributed by atoms with E-state index >= 15 is 0 Å². The van der Waals surface area contributed by atoms with Crippen LogP contribution in [0.15, 0.2) is 24.3 Å². The number of terminal acetylenes is 1. The number of nitrogens with zero attached hydrogens (tertiary/aromatic N) is 1. The minimum absolute atomic E-state index is 0.285. The first-order chi connectivity index (χ1) is 15.4. The first-order valence-corrected chi connectivity index (χ1v) is 11.6. The molecule has 1 aromatic rings. The van der Waals surface area contributed by atoms with Crippen LogP contribution in [0.25, 0.3) is 0 Å². The van der Waals surface area contributed by atoms with Crippen LogP contribution in [0.3, 0.4) is 0 Å². The highest BCUT2D eigenvalue weighted by molar-refractivity contribution is 5.93. The number of ether oxygens (including phenoxy) is 1. The smallest absolute Gasteiger partial charge is 0.408 e. The van der Waals surface area contributed by atoms with Crippen molar-refractivity contribution >= 4 is 17.9 Å². The Balaban J connectivity index is 3.30. The summed E-state index contributed by atoms with van der Waals surface area (Å²) < 4.78 is 5.31.